The average molecular weight is 1350 g/mol. The maximum Gasteiger partial charge on any atom is 2.00 e. The Hall–Kier alpha value is -9.53. The molecule has 24 nitrogen and oxygen atoms in total. The molecule has 0 unspecified atom stereocenters. The standard InChI is InChI=1S/3C12H8N2O4.C12H12N2.4CNS.2Ru/c3*15-11(16)7-1-3-13-9(5-7)10-6-8(12(17)18)2-4-14-10;1-9-3-5-13-11(7-9)12-8-10(2)4-6-14-12;4*2-1-3;;/h3*1-6H,(H,15,16)(H,17,18);3-8H,1-2H3;;;;;;/q;;;;4*-1;2*+2. The van der Waals surface area contributed by atoms with Crippen molar-refractivity contribution in [2.45, 2.75) is 13.8 Å². The Bertz CT molecular complexity index is 3100. The van der Waals surface area contributed by atoms with Gasteiger partial charge in [0.05, 0.1) is 78.9 Å². The van der Waals surface area contributed by atoms with Crippen LogP contribution in [0.4, 0.5) is 0 Å². The van der Waals surface area contributed by atoms with Gasteiger partial charge in [-0.1, -0.05) is 48.9 Å². The second-order valence-corrected chi connectivity index (χ2v) is 14.9. The zero-order valence-corrected chi connectivity index (χ0v) is 48.4. The molecule has 0 bridgehead atoms. The van der Waals surface area contributed by atoms with Gasteiger partial charge in [0, 0.05) is 49.6 Å². The predicted molar refractivity (Wildman–Crippen MR) is 305 cm³/mol. The van der Waals surface area contributed by atoms with Gasteiger partial charge in [-0.2, -0.15) is 20.6 Å². The second kappa shape index (κ2) is 41.5. The molecule has 30 heteroatoms. The van der Waals surface area contributed by atoms with Crippen LogP contribution < -0.4 is 0 Å². The number of isothiocyanates is 4. The zero-order valence-electron chi connectivity index (χ0n) is 41.7. The molecule has 0 aliphatic carbocycles. The van der Waals surface area contributed by atoms with Crippen LogP contribution in [-0.4, -0.2) is 127 Å². The van der Waals surface area contributed by atoms with Gasteiger partial charge >= 0.3 is 74.8 Å². The molecule has 0 aliphatic rings. The van der Waals surface area contributed by atoms with Gasteiger partial charge in [-0.15, -0.1) is 0 Å². The van der Waals surface area contributed by atoms with Crippen molar-refractivity contribution in [1.82, 2.24) is 39.9 Å². The molecule has 6 N–H and O–H groups in total. The van der Waals surface area contributed by atoms with Crippen LogP contribution in [0.1, 0.15) is 73.3 Å². The van der Waals surface area contributed by atoms with E-state index in [0.29, 0.717) is 34.2 Å². The minimum Gasteiger partial charge on any atom is -0.753 e. The Kier molecular flexibility index (Phi) is 37.7. The fourth-order valence-electron chi connectivity index (χ4n) is 5.57. The van der Waals surface area contributed by atoms with Crippen molar-refractivity contribution in [3.63, 3.8) is 0 Å². The first-order valence-corrected chi connectivity index (χ1v) is 22.9. The van der Waals surface area contributed by atoms with E-state index in [4.69, 9.17) is 52.3 Å². The summed E-state index contributed by atoms with van der Waals surface area (Å²) in [5.41, 5.74) is 6.63. The molecule has 0 amide bonds. The summed E-state index contributed by atoms with van der Waals surface area (Å²) in [4.78, 5) is 97.3. The van der Waals surface area contributed by atoms with Gasteiger partial charge in [0.25, 0.3) is 0 Å². The van der Waals surface area contributed by atoms with Crippen LogP contribution in [-0.2, 0) is 39.0 Å². The third-order valence-corrected chi connectivity index (χ3v) is 8.92. The summed E-state index contributed by atoms with van der Waals surface area (Å²) in [6, 6.07) is 24.2. The maximum atomic E-state index is 10.8. The number of hydrogen-bond acceptors (Lipinski definition) is 18. The molecule has 0 atom stereocenters. The monoisotopic (exact) mass is 1350 g/mol. The molecule has 0 aromatic carbocycles. The maximum absolute atomic E-state index is 10.8. The van der Waals surface area contributed by atoms with Gasteiger partial charge in [0.2, 0.25) is 0 Å². The largest absolute Gasteiger partial charge is 2.00 e. The van der Waals surface area contributed by atoms with E-state index in [-0.39, 0.29) is 72.3 Å². The van der Waals surface area contributed by atoms with E-state index in [9.17, 15) is 28.8 Å². The SMILES string of the molecule is Cc1ccnc(-c2cc(C)ccn2)c1.O=C(O)c1ccnc(-c2cc(C(=O)O)ccn2)c1.O=C(O)c1ccnc(-c2cc(C(=O)O)ccn2)c1.O=C(O)c1ccnc(-c2cc(C(=O)O)ccn2)c1.[N-]=C=S.[N-]=C=S.[N-]=C=S.[N-]=C=S.[Ru+2].[Ru+2]. The van der Waals surface area contributed by atoms with Crippen LogP contribution in [0.25, 0.3) is 67.2 Å². The molecule has 8 heterocycles. The molecule has 0 aliphatic heterocycles. The summed E-state index contributed by atoms with van der Waals surface area (Å²) in [6.45, 7) is 4.11. The Morgan fingerprint density at radius 1 is 0.305 bits per heavy atom. The molecule has 0 saturated carbocycles. The minimum absolute atomic E-state index is 0. The van der Waals surface area contributed by atoms with Crippen molar-refractivity contribution >= 4 is 105 Å². The van der Waals surface area contributed by atoms with E-state index >= 15 is 0 Å². The molecule has 82 heavy (non-hydrogen) atoms. The van der Waals surface area contributed by atoms with Crippen molar-refractivity contribution in [2.75, 3.05) is 0 Å². The summed E-state index contributed by atoms with van der Waals surface area (Å²) < 4.78 is 0. The van der Waals surface area contributed by atoms with Crippen molar-refractivity contribution < 1.29 is 98.4 Å². The minimum atomic E-state index is -1.08. The average Bonchev–Trinajstić information content (AvgIpc) is 3.44. The number of thiocarbonyl (C=S) groups is 4. The molecule has 0 fully saturated rings. The van der Waals surface area contributed by atoms with Gasteiger partial charge < -0.3 is 52.3 Å². The predicted octanol–water partition coefficient (Wildman–Crippen LogP) is 10.0. The van der Waals surface area contributed by atoms with E-state index in [1.807, 2.05) is 36.7 Å². The van der Waals surface area contributed by atoms with Gasteiger partial charge in [-0.3, -0.25) is 39.9 Å². The molecular weight excluding hydrogens is 1320 g/mol. The van der Waals surface area contributed by atoms with E-state index in [0.717, 1.165) is 11.4 Å². The third-order valence-electron chi connectivity index (χ3n) is 8.92. The first-order chi connectivity index (χ1) is 38.1. The molecule has 8 rings (SSSR count). The van der Waals surface area contributed by atoms with E-state index in [2.05, 4.69) is 103 Å². The van der Waals surface area contributed by atoms with E-state index in [1.54, 1.807) is 0 Å². The third kappa shape index (κ3) is 27.9. The van der Waals surface area contributed by atoms with Crippen LogP contribution in [0, 0.1) is 13.8 Å². The summed E-state index contributed by atoms with van der Waals surface area (Å²) in [5.74, 6) is -6.46. The molecule has 416 valence electrons. The number of hydrogen-bond donors (Lipinski definition) is 6. The van der Waals surface area contributed by atoms with Crippen LogP contribution in [0.5, 0.6) is 0 Å². The quantitative estimate of drug-likeness (QED) is 0.0421. The number of carboxylic acids is 6. The molecule has 0 spiro atoms. The normalized spacial score (nSPS) is 8.71. The topological polar surface area (TPSA) is 416 Å². The number of aromatic nitrogens is 8. The van der Waals surface area contributed by atoms with Gasteiger partial charge in [0.15, 0.2) is 0 Å². The second-order valence-electron chi connectivity index (χ2n) is 14.2. The summed E-state index contributed by atoms with van der Waals surface area (Å²) >= 11 is 14.8. The Morgan fingerprint density at radius 3 is 0.549 bits per heavy atom. The van der Waals surface area contributed by atoms with Gasteiger partial charge in [-0.05, 0) is 122 Å². The first kappa shape index (κ1) is 74.5. The van der Waals surface area contributed by atoms with Crippen LogP contribution >= 0.6 is 48.9 Å². The number of pyridine rings is 8. The number of nitrogens with zero attached hydrogens (tertiary/aromatic N) is 12. The fourth-order valence-corrected chi connectivity index (χ4v) is 5.57. The van der Waals surface area contributed by atoms with Crippen LogP contribution in [0.2, 0.25) is 0 Å². The Labute approximate surface area is 512 Å². The number of carboxylic acid groups (broad SMARTS) is 6. The van der Waals surface area contributed by atoms with Gasteiger partial charge in [-0.25, -0.2) is 28.8 Å². The number of aromatic carboxylic acids is 6. The van der Waals surface area contributed by atoms with Crippen molar-refractivity contribution in [3.8, 4) is 45.6 Å². The molecule has 8 aromatic heterocycles. The summed E-state index contributed by atoms with van der Waals surface area (Å²) in [7, 11) is 0. The Balaban J connectivity index is 0. The molecule has 0 saturated heterocycles. The zero-order chi connectivity index (χ0) is 60.2. The number of carbonyl (C=O) groups is 6. The van der Waals surface area contributed by atoms with Crippen LogP contribution in [0.3, 0.4) is 0 Å². The molecular formula is C52H36N12O12Ru2S4. The molecule has 8 aromatic rings. The Morgan fingerprint density at radius 2 is 0.427 bits per heavy atom. The number of aryl methyl sites for hydroxylation is 2. The summed E-state index contributed by atoms with van der Waals surface area (Å²) in [5, 5.41) is 87.0. The van der Waals surface area contributed by atoms with Crippen molar-refractivity contribution in [1.29, 1.82) is 0 Å². The smallest absolute Gasteiger partial charge is 0.753 e. The van der Waals surface area contributed by atoms with Crippen LogP contribution in [0.15, 0.2) is 147 Å². The van der Waals surface area contributed by atoms with E-state index < -0.39 is 35.8 Å². The van der Waals surface area contributed by atoms with Gasteiger partial charge in [0.1, 0.15) is 0 Å². The van der Waals surface area contributed by atoms with Crippen molar-refractivity contribution in [2.24, 2.45) is 0 Å². The van der Waals surface area contributed by atoms with Crippen molar-refractivity contribution in [3.05, 3.63) is 213 Å². The number of rotatable bonds is 10. The first-order valence-electron chi connectivity index (χ1n) is 21.2. The summed E-state index contributed by atoms with van der Waals surface area (Å²) in [6.07, 6.45) is 11.7. The van der Waals surface area contributed by atoms with E-state index in [1.165, 1.54) is 142 Å². The fraction of sp³-hybridized carbons (Fsp3) is 0.0385. The molecule has 0 radical (unpaired) electrons.